The number of amides is 1. The van der Waals surface area contributed by atoms with E-state index >= 15 is 0 Å². The van der Waals surface area contributed by atoms with Gasteiger partial charge in [0.25, 0.3) is 0 Å². The van der Waals surface area contributed by atoms with Crippen LogP contribution in [0.4, 0.5) is 5.95 Å². The molecule has 0 aliphatic carbocycles. The van der Waals surface area contributed by atoms with Gasteiger partial charge in [-0.25, -0.2) is 9.97 Å². The molecule has 0 saturated carbocycles. The molecule has 1 amide bonds. The summed E-state index contributed by atoms with van der Waals surface area (Å²) in [6.45, 7) is 5.81. The van der Waals surface area contributed by atoms with E-state index in [1.807, 2.05) is 48.7 Å². The van der Waals surface area contributed by atoms with Gasteiger partial charge >= 0.3 is 0 Å². The number of hydrogen-bond donors (Lipinski definition) is 1. The first-order chi connectivity index (χ1) is 13.1. The van der Waals surface area contributed by atoms with Crippen molar-refractivity contribution in [1.82, 2.24) is 29.9 Å². The first-order valence-corrected chi connectivity index (χ1v) is 9.24. The van der Waals surface area contributed by atoms with Gasteiger partial charge in [-0.3, -0.25) is 9.20 Å². The number of aryl methyl sites for hydroxylation is 2. The number of anilines is 1. The number of fused-ring (bicyclic) bond motifs is 1. The molecule has 1 fully saturated rings. The Morgan fingerprint density at radius 1 is 1.22 bits per heavy atom. The van der Waals surface area contributed by atoms with Crippen molar-refractivity contribution in [2.45, 2.75) is 33.2 Å². The first kappa shape index (κ1) is 17.4. The lowest BCUT2D eigenvalue weighted by Gasteiger charge is -2.32. The number of aromatic nitrogens is 5. The van der Waals surface area contributed by atoms with Gasteiger partial charge < -0.3 is 10.2 Å². The predicted octanol–water partition coefficient (Wildman–Crippen LogP) is 1.67. The number of carbonyl (C=O) groups excluding carboxylic acids is 1. The Balaban J connectivity index is 1.41. The Morgan fingerprint density at radius 2 is 2.04 bits per heavy atom. The van der Waals surface area contributed by atoms with Crippen LogP contribution >= 0.6 is 0 Å². The molecule has 4 rings (SSSR count). The number of pyridine rings is 1. The van der Waals surface area contributed by atoms with Crippen LogP contribution in [0.3, 0.4) is 0 Å². The molecule has 1 saturated heterocycles. The zero-order chi connectivity index (χ0) is 18.8. The molecule has 1 atom stereocenters. The summed E-state index contributed by atoms with van der Waals surface area (Å²) >= 11 is 0. The second-order valence-electron chi connectivity index (χ2n) is 7.00. The van der Waals surface area contributed by atoms with Crippen molar-refractivity contribution in [3.8, 4) is 0 Å². The standard InChI is InChI=1S/C19H23N7O/c1-13-10-14(2)22-19(21-13)25-8-5-6-15(12-25)18(27)20-11-17-24-23-16-7-3-4-9-26(16)17/h3-4,7,9-10,15H,5-6,8,11-12H2,1-2H3,(H,20,27)/t15-/m0/s1. The third-order valence-electron chi connectivity index (χ3n) is 4.85. The third-order valence-corrected chi connectivity index (χ3v) is 4.85. The van der Waals surface area contributed by atoms with Gasteiger partial charge in [-0.15, -0.1) is 10.2 Å². The highest BCUT2D eigenvalue weighted by Gasteiger charge is 2.27. The first-order valence-electron chi connectivity index (χ1n) is 9.24. The second kappa shape index (κ2) is 7.30. The molecule has 140 valence electrons. The minimum atomic E-state index is -0.0812. The maximum absolute atomic E-state index is 12.7. The van der Waals surface area contributed by atoms with Crippen molar-refractivity contribution in [2.75, 3.05) is 18.0 Å². The van der Waals surface area contributed by atoms with Crippen LogP contribution in [0.25, 0.3) is 5.65 Å². The quantitative estimate of drug-likeness (QED) is 0.757. The van der Waals surface area contributed by atoms with E-state index in [1.54, 1.807) is 0 Å². The highest BCUT2D eigenvalue weighted by atomic mass is 16.1. The third kappa shape index (κ3) is 3.74. The molecule has 3 aromatic heterocycles. The molecule has 27 heavy (non-hydrogen) atoms. The van der Waals surface area contributed by atoms with Gasteiger partial charge in [-0.05, 0) is 44.9 Å². The zero-order valence-electron chi connectivity index (χ0n) is 15.6. The van der Waals surface area contributed by atoms with Crippen LogP contribution in [0.15, 0.2) is 30.5 Å². The summed E-state index contributed by atoms with van der Waals surface area (Å²) in [7, 11) is 0. The lowest BCUT2D eigenvalue weighted by molar-refractivity contribution is -0.125. The number of piperidine rings is 1. The molecule has 0 radical (unpaired) electrons. The van der Waals surface area contributed by atoms with Crippen molar-refractivity contribution < 1.29 is 4.79 Å². The van der Waals surface area contributed by atoms with Gasteiger partial charge in [0.15, 0.2) is 11.5 Å². The van der Waals surface area contributed by atoms with E-state index in [-0.39, 0.29) is 11.8 Å². The van der Waals surface area contributed by atoms with Crippen molar-refractivity contribution in [3.63, 3.8) is 0 Å². The Bertz CT molecular complexity index is 947. The Hall–Kier alpha value is -3.03. The molecule has 0 bridgehead atoms. The predicted molar refractivity (Wildman–Crippen MR) is 101 cm³/mol. The number of rotatable bonds is 4. The van der Waals surface area contributed by atoms with Crippen LogP contribution in [-0.2, 0) is 11.3 Å². The molecule has 1 N–H and O–H groups in total. The fourth-order valence-electron chi connectivity index (χ4n) is 3.54. The fraction of sp³-hybridized carbons (Fsp3) is 0.421. The van der Waals surface area contributed by atoms with Crippen molar-refractivity contribution in [2.24, 2.45) is 5.92 Å². The number of nitrogens with zero attached hydrogens (tertiary/aromatic N) is 6. The van der Waals surface area contributed by atoms with Crippen LogP contribution < -0.4 is 10.2 Å². The maximum atomic E-state index is 12.7. The smallest absolute Gasteiger partial charge is 0.225 e. The highest BCUT2D eigenvalue weighted by molar-refractivity contribution is 5.79. The molecular weight excluding hydrogens is 342 g/mol. The van der Waals surface area contributed by atoms with Crippen molar-refractivity contribution in [1.29, 1.82) is 0 Å². The van der Waals surface area contributed by atoms with E-state index in [1.165, 1.54) is 0 Å². The van der Waals surface area contributed by atoms with Crippen molar-refractivity contribution >= 4 is 17.5 Å². The summed E-state index contributed by atoms with van der Waals surface area (Å²) in [6.07, 6.45) is 3.71. The Morgan fingerprint density at radius 3 is 2.85 bits per heavy atom. The number of nitrogens with one attached hydrogen (secondary N) is 1. The normalized spacial score (nSPS) is 17.3. The minimum absolute atomic E-state index is 0.0387. The van der Waals surface area contributed by atoms with Crippen molar-refractivity contribution in [3.05, 3.63) is 47.7 Å². The number of hydrogen-bond acceptors (Lipinski definition) is 6. The molecule has 3 aromatic rings. The Labute approximate surface area is 157 Å². The summed E-state index contributed by atoms with van der Waals surface area (Å²) < 4.78 is 1.89. The molecule has 4 heterocycles. The van der Waals surface area contributed by atoms with Gasteiger partial charge in [0.1, 0.15) is 0 Å². The summed E-state index contributed by atoms with van der Waals surface area (Å²) in [5.41, 5.74) is 2.67. The molecule has 0 unspecified atom stereocenters. The summed E-state index contributed by atoms with van der Waals surface area (Å²) in [6, 6.07) is 7.68. The molecular formula is C19H23N7O. The van der Waals surface area contributed by atoms with Crippen LogP contribution in [0.1, 0.15) is 30.1 Å². The van der Waals surface area contributed by atoms with Crippen LogP contribution in [-0.4, -0.2) is 43.6 Å². The average Bonchev–Trinajstić information content (AvgIpc) is 3.09. The lowest BCUT2D eigenvalue weighted by Crippen LogP contribution is -2.43. The van der Waals surface area contributed by atoms with Gasteiger partial charge in [-0.1, -0.05) is 6.07 Å². The molecule has 1 aliphatic rings. The molecule has 0 aromatic carbocycles. The molecule has 1 aliphatic heterocycles. The fourth-order valence-corrected chi connectivity index (χ4v) is 3.54. The average molecular weight is 365 g/mol. The largest absolute Gasteiger partial charge is 0.348 e. The minimum Gasteiger partial charge on any atom is -0.348 e. The zero-order valence-corrected chi connectivity index (χ0v) is 15.6. The summed E-state index contributed by atoms with van der Waals surface area (Å²) in [5.74, 6) is 1.40. The Kier molecular flexibility index (Phi) is 4.70. The lowest BCUT2D eigenvalue weighted by atomic mass is 9.97. The van der Waals surface area contributed by atoms with E-state index in [0.717, 1.165) is 42.2 Å². The second-order valence-corrected chi connectivity index (χ2v) is 7.00. The monoisotopic (exact) mass is 365 g/mol. The van der Waals surface area contributed by atoms with Gasteiger partial charge in [0, 0.05) is 30.7 Å². The summed E-state index contributed by atoms with van der Waals surface area (Å²) in [5, 5.41) is 11.3. The summed E-state index contributed by atoms with van der Waals surface area (Å²) in [4.78, 5) is 23.9. The highest BCUT2D eigenvalue weighted by Crippen LogP contribution is 2.21. The van der Waals surface area contributed by atoms with Gasteiger partial charge in [0.05, 0.1) is 12.5 Å². The van der Waals surface area contributed by atoms with E-state index in [0.29, 0.717) is 19.0 Å². The number of carbonyl (C=O) groups is 1. The van der Waals surface area contributed by atoms with Crippen LogP contribution in [0.2, 0.25) is 0 Å². The van der Waals surface area contributed by atoms with Crippen LogP contribution in [0.5, 0.6) is 0 Å². The van der Waals surface area contributed by atoms with E-state index in [9.17, 15) is 4.79 Å². The molecule has 0 spiro atoms. The maximum Gasteiger partial charge on any atom is 0.225 e. The topological polar surface area (TPSA) is 88.3 Å². The van der Waals surface area contributed by atoms with E-state index in [2.05, 4.69) is 30.4 Å². The molecule has 8 nitrogen and oxygen atoms in total. The van der Waals surface area contributed by atoms with Gasteiger partial charge in [0.2, 0.25) is 11.9 Å². The van der Waals surface area contributed by atoms with Gasteiger partial charge in [-0.2, -0.15) is 0 Å². The SMILES string of the molecule is Cc1cc(C)nc(N2CCC[C@H](C(=O)NCc3nnc4ccccn34)C2)n1. The van der Waals surface area contributed by atoms with Crippen LogP contribution in [0, 0.1) is 19.8 Å². The van der Waals surface area contributed by atoms with E-state index < -0.39 is 0 Å². The molecule has 8 heteroatoms. The van der Waals surface area contributed by atoms with E-state index in [4.69, 9.17) is 0 Å².